The third-order valence-corrected chi connectivity index (χ3v) is 3.94. The van der Waals surface area contributed by atoms with Gasteiger partial charge < -0.3 is 9.52 Å². The van der Waals surface area contributed by atoms with Crippen LogP contribution in [0.4, 0.5) is 0 Å². The molecule has 1 atom stereocenters. The lowest BCUT2D eigenvalue weighted by molar-refractivity contribution is -0.136. The fourth-order valence-corrected chi connectivity index (χ4v) is 2.92. The minimum Gasteiger partial charge on any atom is -0.481 e. The summed E-state index contributed by atoms with van der Waals surface area (Å²) in [7, 11) is -3.60. The van der Waals surface area contributed by atoms with E-state index < -0.39 is 34.2 Å². The standard InChI is InChI=1S/C11H17NO5S/c1-7-6-10(9(3)17-7)8(2)12-18(15,16)5-4-11(13)14/h6,8,12H,4-5H2,1-3H3,(H,13,14). The quantitative estimate of drug-likeness (QED) is 0.817. The van der Waals surface area contributed by atoms with Gasteiger partial charge in [-0.1, -0.05) is 0 Å². The van der Waals surface area contributed by atoms with Crippen LogP contribution >= 0.6 is 0 Å². The van der Waals surface area contributed by atoms with Gasteiger partial charge in [0.15, 0.2) is 0 Å². The molecule has 0 fully saturated rings. The minimum absolute atomic E-state index is 0.411. The van der Waals surface area contributed by atoms with Gasteiger partial charge in [-0.05, 0) is 26.8 Å². The average Bonchev–Trinajstić information content (AvgIpc) is 2.54. The van der Waals surface area contributed by atoms with E-state index in [9.17, 15) is 13.2 Å². The van der Waals surface area contributed by atoms with E-state index in [2.05, 4.69) is 4.72 Å². The van der Waals surface area contributed by atoms with Gasteiger partial charge in [-0.15, -0.1) is 0 Å². The van der Waals surface area contributed by atoms with Crippen LogP contribution in [0.5, 0.6) is 0 Å². The fraction of sp³-hybridized carbons (Fsp3) is 0.545. The van der Waals surface area contributed by atoms with E-state index in [1.54, 1.807) is 26.8 Å². The third kappa shape index (κ3) is 4.15. The molecular weight excluding hydrogens is 258 g/mol. The first-order valence-electron chi connectivity index (χ1n) is 5.50. The molecule has 6 nitrogen and oxygen atoms in total. The van der Waals surface area contributed by atoms with E-state index in [4.69, 9.17) is 9.52 Å². The van der Waals surface area contributed by atoms with Crippen molar-refractivity contribution in [3.63, 3.8) is 0 Å². The van der Waals surface area contributed by atoms with Crippen molar-refractivity contribution in [3.8, 4) is 0 Å². The van der Waals surface area contributed by atoms with E-state index in [1.807, 2.05) is 0 Å². The summed E-state index contributed by atoms with van der Waals surface area (Å²) in [5, 5.41) is 8.47. The molecule has 0 aliphatic carbocycles. The Labute approximate surface area is 106 Å². The highest BCUT2D eigenvalue weighted by Gasteiger charge is 2.20. The molecule has 1 rings (SSSR count). The van der Waals surface area contributed by atoms with Crippen LogP contribution in [0.1, 0.15) is 36.5 Å². The first-order valence-corrected chi connectivity index (χ1v) is 7.15. The smallest absolute Gasteiger partial charge is 0.304 e. The molecule has 1 heterocycles. The molecule has 0 amide bonds. The van der Waals surface area contributed by atoms with Crippen molar-refractivity contribution in [1.82, 2.24) is 4.72 Å². The summed E-state index contributed by atoms with van der Waals surface area (Å²) in [5.74, 6) is -0.203. The van der Waals surface area contributed by atoms with Gasteiger partial charge in [-0.3, -0.25) is 4.79 Å². The first kappa shape index (κ1) is 14.7. The number of hydrogen-bond acceptors (Lipinski definition) is 4. The maximum Gasteiger partial charge on any atom is 0.304 e. The topological polar surface area (TPSA) is 96.6 Å². The lowest BCUT2D eigenvalue weighted by Crippen LogP contribution is -2.30. The highest BCUT2D eigenvalue weighted by Crippen LogP contribution is 2.21. The highest BCUT2D eigenvalue weighted by molar-refractivity contribution is 7.89. The zero-order valence-electron chi connectivity index (χ0n) is 10.6. The fourth-order valence-electron chi connectivity index (χ4n) is 1.69. The molecule has 1 unspecified atom stereocenters. The zero-order chi connectivity index (χ0) is 13.9. The van der Waals surface area contributed by atoms with E-state index in [1.165, 1.54) is 0 Å². The predicted molar refractivity (Wildman–Crippen MR) is 65.8 cm³/mol. The van der Waals surface area contributed by atoms with Gasteiger partial charge in [0.25, 0.3) is 0 Å². The molecule has 0 aliphatic rings. The van der Waals surface area contributed by atoms with Gasteiger partial charge in [0.1, 0.15) is 11.5 Å². The number of nitrogens with one attached hydrogen (secondary N) is 1. The predicted octanol–water partition coefficient (Wildman–Crippen LogP) is 1.35. The van der Waals surface area contributed by atoms with E-state index in [-0.39, 0.29) is 0 Å². The van der Waals surface area contributed by atoms with Crippen LogP contribution < -0.4 is 4.72 Å². The van der Waals surface area contributed by atoms with Crippen molar-refractivity contribution in [2.75, 3.05) is 5.75 Å². The minimum atomic E-state index is -3.60. The van der Waals surface area contributed by atoms with Gasteiger partial charge >= 0.3 is 5.97 Å². The number of rotatable bonds is 6. The lowest BCUT2D eigenvalue weighted by atomic mass is 10.1. The summed E-state index contributed by atoms with van der Waals surface area (Å²) in [6.07, 6.45) is -0.411. The number of hydrogen-bond donors (Lipinski definition) is 2. The van der Waals surface area contributed by atoms with Gasteiger partial charge in [0.05, 0.1) is 12.2 Å². The maximum absolute atomic E-state index is 11.6. The van der Waals surface area contributed by atoms with Crippen molar-refractivity contribution in [1.29, 1.82) is 0 Å². The second-order valence-corrected chi connectivity index (χ2v) is 6.04. The molecule has 7 heteroatoms. The van der Waals surface area contributed by atoms with Gasteiger partial charge in [0, 0.05) is 11.6 Å². The molecule has 0 saturated carbocycles. The molecule has 0 bridgehead atoms. The lowest BCUT2D eigenvalue weighted by Gasteiger charge is -2.12. The van der Waals surface area contributed by atoms with Gasteiger partial charge in [-0.25, -0.2) is 13.1 Å². The second-order valence-electron chi connectivity index (χ2n) is 4.17. The van der Waals surface area contributed by atoms with Gasteiger partial charge in [0.2, 0.25) is 10.0 Å². The number of aliphatic carboxylic acids is 1. The number of furan rings is 1. The molecule has 1 aromatic heterocycles. The summed E-state index contributed by atoms with van der Waals surface area (Å²) in [6, 6.07) is 1.32. The molecule has 0 spiro atoms. The molecule has 102 valence electrons. The zero-order valence-corrected chi connectivity index (χ0v) is 11.4. The third-order valence-electron chi connectivity index (χ3n) is 2.49. The van der Waals surface area contributed by atoms with Crippen molar-refractivity contribution in [3.05, 3.63) is 23.2 Å². The largest absolute Gasteiger partial charge is 0.481 e. The van der Waals surface area contributed by atoms with Crippen LogP contribution in [-0.2, 0) is 14.8 Å². The SMILES string of the molecule is Cc1cc(C(C)NS(=O)(=O)CCC(=O)O)c(C)o1. The molecule has 0 saturated heterocycles. The van der Waals surface area contributed by atoms with E-state index >= 15 is 0 Å². The van der Waals surface area contributed by atoms with Crippen LogP contribution in [0.25, 0.3) is 0 Å². The van der Waals surface area contributed by atoms with Crippen LogP contribution in [-0.4, -0.2) is 25.2 Å². The maximum atomic E-state index is 11.6. The molecule has 2 N–H and O–H groups in total. The Balaban J connectivity index is 2.72. The Bertz CT molecular complexity index is 532. The molecular formula is C11H17NO5S. The second kappa shape index (κ2) is 5.53. The number of carboxylic acids is 1. The van der Waals surface area contributed by atoms with Crippen LogP contribution in [0, 0.1) is 13.8 Å². The summed E-state index contributed by atoms with van der Waals surface area (Å²) in [6.45, 7) is 5.22. The molecule has 1 aromatic rings. The summed E-state index contributed by atoms with van der Waals surface area (Å²) in [5.41, 5.74) is 0.756. The van der Waals surface area contributed by atoms with Crippen molar-refractivity contribution in [2.45, 2.75) is 33.2 Å². The number of carbonyl (C=O) groups is 1. The summed E-state index contributed by atoms with van der Waals surface area (Å²) >= 11 is 0. The highest BCUT2D eigenvalue weighted by atomic mass is 32.2. The Morgan fingerprint density at radius 1 is 1.50 bits per heavy atom. The van der Waals surface area contributed by atoms with Crippen molar-refractivity contribution in [2.24, 2.45) is 0 Å². The van der Waals surface area contributed by atoms with E-state index in [0.717, 1.165) is 5.56 Å². The van der Waals surface area contributed by atoms with Crippen LogP contribution in [0.15, 0.2) is 10.5 Å². The number of carboxylic acid groups (broad SMARTS) is 1. The monoisotopic (exact) mass is 275 g/mol. The Morgan fingerprint density at radius 2 is 2.11 bits per heavy atom. The summed E-state index contributed by atoms with van der Waals surface area (Å²) < 4.78 is 31.0. The van der Waals surface area contributed by atoms with Crippen molar-refractivity contribution >= 4 is 16.0 Å². The van der Waals surface area contributed by atoms with Crippen molar-refractivity contribution < 1.29 is 22.7 Å². The number of aryl methyl sites for hydroxylation is 2. The molecule has 0 radical (unpaired) electrons. The molecule has 0 aliphatic heterocycles. The molecule has 0 aromatic carbocycles. The summed E-state index contributed by atoms with van der Waals surface area (Å²) in [4.78, 5) is 10.4. The normalized spacial score (nSPS) is 13.5. The Kier molecular flexibility index (Phi) is 4.53. The van der Waals surface area contributed by atoms with Gasteiger partial charge in [-0.2, -0.15) is 0 Å². The Morgan fingerprint density at radius 3 is 2.56 bits per heavy atom. The van der Waals surface area contributed by atoms with E-state index in [0.29, 0.717) is 11.5 Å². The molecule has 18 heavy (non-hydrogen) atoms. The Hall–Kier alpha value is -1.34. The average molecular weight is 275 g/mol. The first-order chi connectivity index (χ1) is 8.21. The van der Waals surface area contributed by atoms with Crippen LogP contribution in [0.3, 0.4) is 0 Å². The van der Waals surface area contributed by atoms with Crippen LogP contribution in [0.2, 0.25) is 0 Å². The number of sulfonamides is 1.